The summed E-state index contributed by atoms with van der Waals surface area (Å²) in [5, 5.41) is 11.8. The van der Waals surface area contributed by atoms with Crippen LogP contribution < -0.4 is 20.1 Å². The first-order valence-electron chi connectivity index (χ1n) is 8.12. The molecule has 0 saturated heterocycles. The van der Waals surface area contributed by atoms with Crippen LogP contribution in [0.3, 0.4) is 0 Å². The van der Waals surface area contributed by atoms with Crippen LogP contribution in [0.15, 0.2) is 42.7 Å². The van der Waals surface area contributed by atoms with Gasteiger partial charge in [-0.1, -0.05) is 29.3 Å². The number of ether oxygens (including phenoxy) is 2. The van der Waals surface area contributed by atoms with Crippen molar-refractivity contribution in [1.29, 1.82) is 0 Å². The van der Waals surface area contributed by atoms with E-state index in [-0.39, 0.29) is 0 Å². The third-order valence-corrected chi connectivity index (χ3v) is 4.56. The van der Waals surface area contributed by atoms with Gasteiger partial charge in [0.1, 0.15) is 17.8 Å². The summed E-state index contributed by atoms with van der Waals surface area (Å²) in [6.07, 6.45) is 1.59. The molecule has 0 saturated carbocycles. The second-order valence-electron chi connectivity index (χ2n) is 5.65. The van der Waals surface area contributed by atoms with E-state index in [4.69, 9.17) is 44.9 Å². The zero-order valence-corrected chi connectivity index (χ0v) is 17.4. The Morgan fingerprint density at radius 2 is 1.93 bits per heavy atom. The molecule has 28 heavy (non-hydrogen) atoms. The van der Waals surface area contributed by atoms with Crippen molar-refractivity contribution >= 4 is 52.2 Å². The van der Waals surface area contributed by atoms with Gasteiger partial charge in [-0.3, -0.25) is 5.32 Å². The van der Waals surface area contributed by atoms with Gasteiger partial charge < -0.3 is 14.8 Å². The molecule has 7 nitrogen and oxygen atoms in total. The average Bonchev–Trinajstić information content (AvgIpc) is 3.11. The van der Waals surface area contributed by atoms with Crippen LogP contribution in [-0.2, 0) is 6.54 Å². The first kappa shape index (κ1) is 20.2. The maximum absolute atomic E-state index is 6.20. The van der Waals surface area contributed by atoms with Crippen LogP contribution in [0.5, 0.6) is 11.5 Å². The molecule has 3 rings (SSSR count). The van der Waals surface area contributed by atoms with Gasteiger partial charge >= 0.3 is 0 Å². The number of benzene rings is 2. The molecule has 0 aliphatic carbocycles. The van der Waals surface area contributed by atoms with Crippen LogP contribution in [0.25, 0.3) is 0 Å². The Hall–Kier alpha value is -2.55. The number of hydrogen-bond acceptors (Lipinski definition) is 5. The molecular weight excluding hydrogens is 421 g/mol. The minimum atomic E-state index is 0.325. The van der Waals surface area contributed by atoms with Crippen LogP contribution in [0, 0.1) is 0 Å². The molecule has 2 aromatic carbocycles. The fourth-order valence-electron chi connectivity index (χ4n) is 2.41. The number of thiocarbonyl (C=S) groups is 1. The van der Waals surface area contributed by atoms with Crippen LogP contribution in [0.4, 0.5) is 11.6 Å². The minimum absolute atomic E-state index is 0.325. The van der Waals surface area contributed by atoms with Gasteiger partial charge in [0.25, 0.3) is 0 Å². The number of anilines is 2. The zero-order chi connectivity index (χ0) is 20.1. The molecule has 0 atom stereocenters. The molecule has 10 heteroatoms. The quantitative estimate of drug-likeness (QED) is 0.551. The number of aromatic nitrogens is 3. The summed E-state index contributed by atoms with van der Waals surface area (Å²) in [6.45, 7) is 0.456. The summed E-state index contributed by atoms with van der Waals surface area (Å²) in [5.41, 5.74) is 1.57. The van der Waals surface area contributed by atoms with Crippen molar-refractivity contribution in [3.63, 3.8) is 0 Å². The molecule has 0 fully saturated rings. The van der Waals surface area contributed by atoms with Crippen molar-refractivity contribution < 1.29 is 9.47 Å². The van der Waals surface area contributed by atoms with Crippen molar-refractivity contribution in [2.45, 2.75) is 6.54 Å². The molecule has 0 aliphatic rings. The Labute approximate surface area is 177 Å². The van der Waals surface area contributed by atoms with Crippen molar-refractivity contribution in [3.05, 3.63) is 58.3 Å². The largest absolute Gasteiger partial charge is 0.497 e. The Kier molecular flexibility index (Phi) is 6.56. The van der Waals surface area contributed by atoms with Gasteiger partial charge in [-0.05, 0) is 42.0 Å². The molecule has 1 aromatic heterocycles. The Morgan fingerprint density at radius 1 is 1.11 bits per heavy atom. The third kappa shape index (κ3) is 5.03. The summed E-state index contributed by atoms with van der Waals surface area (Å²) < 4.78 is 12.2. The SMILES string of the molecule is COc1ccc(NC(=S)Nc2ncn(Cc3ccc(Cl)cc3Cl)n2)c(OC)c1. The molecule has 146 valence electrons. The van der Waals surface area contributed by atoms with E-state index >= 15 is 0 Å². The molecule has 0 unspecified atom stereocenters. The number of nitrogens with one attached hydrogen (secondary N) is 2. The van der Waals surface area contributed by atoms with E-state index < -0.39 is 0 Å². The molecule has 0 aliphatic heterocycles. The van der Waals surface area contributed by atoms with Gasteiger partial charge in [0.15, 0.2) is 5.11 Å². The van der Waals surface area contributed by atoms with Crippen molar-refractivity contribution in [2.75, 3.05) is 24.9 Å². The fourth-order valence-corrected chi connectivity index (χ4v) is 3.08. The first-order valence-corrected chi connectivity index (χ1v) is 9.28. The summed E-state index contributed by atoms with van der Waals surface area (Å²) in [5.74, 6) is 1.64. The lowest BCUT2D eigenvalue weighted by atomic mass is 10.2. The maximum atomic E-state index is 6.20. The molecule has 0 radical (unpaired) electrons. The van der Waals surface area contributed by atoms with Gasteiger partial charge in [-0.2, -0.15) is 0 Å². The predicted octanol–water partition coefficient (Wildman–Crippen LogP) is 4.46. The van der Waals surface area contributed by atoms with Gasteiger partial charge in [0.05, 0.1) is 26.5 Å². The van der Waals surface area contributed by atoms with Crippen LogP contribution in [0.2, 0.25) is 10.0 Å². The molecule has 2 N–H and O–H groups in total. The zero-order valence-electron chi connectivity index (χ0n) is 15.1. The van der Waals surface area contributed by atoms with Crippen LogP contribution >= 0.6 is 35.4 Å². The number of halogens is 2. The van der Waals surface area contributed by atoms with Gasteiger partial charge in [0, 0.05) is 16.1 Å². The maximum Gasteiger partial charge on any atom is 0.248 e. The van der Waals surface area contributed by atoms with Crippen LogP contribution in [-0.4, -0.2) is 34.1 Å². The lowest BCUT2D eigenvalue weighted by molar-refractivity contribution is 0.395. The molecule has 1 heterocycles. The number of rotatable bonds is 6. The normalized spacial score (nSPS) is 10.4. The highest BCUT2D eigenvalue weighted by Gasteiger charge is 2.10. The van der Waals surface area contributed by atoms with E-state index in [1.54, 1.807) is 55.6 Å². The topological polar surface area (TPSA) is 73.2 Å². The molecule has 3 aromatic rings. The van der Waals surface area contributed by atoms with Crippen molar-refractivity contribution in [2.24, 2.45) is 0 Å². The molecule has 0 spiro atoms. The predicted molar refractivity (Wildman–Crippen MR) is 115 cm³/mol. The third-order valence-electron chi connectivity index (χ3n) is 3.77. The molecular formula is C18H17Cl2N5O2S. The summed E-state index contributed by atoms with van der Waals surface area (Å²) >= 11 is 17.4. The monoisotopic (exact) mass is 437 g/mol. The van der Waals surface area contributed by atoms with Crippen molar-refractivity contribution in [3.8, 4) is 11.5 Å². The Bertz CT molecular complexity index is 996. The molecule has 0 amide bonds. The standard InChI is InChI=1S/C18H17Cl2N5O2S/c1-26-13-5-6-15(16(8-13)27-2)22-18(28)23-17-21-10-25(24-17)9-11-3-4-12(19)7-14(11)20/h3-8,10H,9H2,1-2H3,(H2,22,23,24,28). The van der Waals surface area contributed by atoms with Gasteiger partial charge in [0.2, 0.25) is 5.95 Å². The van der Waals surface area contributed by atoms with Gasteiger partial charge in [-0.15, -0.1) is 5.10 Å². The van der Waals surface area contributed by atoms with E-state index in [1.165, 1.54) is 0 Å². The van der Waals surface area contributed by atoms with E-state index in [2.05, 4.69) is 20.7 Å². The first-order chi connectivity index (χ1) is 13.5. The lowest BCUT2D eigenvalue weighted by Gasteiger charge is -2.13. The van der Waals surface area contributed by atoms with E-state index in [9.17, 15) is 0 Å². The second-order valence-corrected chi connectivity index (χ2v) is 6.90. The highest BCUT2D eigenvalue weighted by molar-refractivity contribution is 7.80. The van der Waals surface area contributed by atoms with E-state index in [0.717, 1.165) is 5.56 Å². The van der Waals surface area contributed by atoms with Crippen molar-refractivity contribution in [1.82, 2.24) is 14.8 Å². The Morgan fingerprint density at radius 3 is 2.64 bits per heavy atom. The molecule has 0 bridgehead atoms. The Balaban J connectivity index is 1.64. The fraction of sp³-hybridized carbons (Fsp3) is 0.167. The van der Waals surface area contributed by atoms with Crippen LogP contribution in [0.1, 0.15) is 5.56 Å². The smallest absolute Gasteiger partial charge is 0.248 e. The highest BCUT2D eigenvalue weighted by atomic mass is 35.5. The summed E-state index contributed by atoms with van der Waals surface area (Å²) in [6, 6.07) is 10.7. The highest BCUT2D eigenvalue weighted by Crippen LogP contribution is 2.29. The van der Waals surface area contributed by atoms with E-state index in [0.29, 0.717) is 44.8 Å². The number of methoxy groups -OCH3 is 2. The minimum Gasteiger partial charge on any atom is -0.497 e. The number of nitrogens with zero attached hydrogens (tertiary/aromatic N) is 3. The second kappa shape index (κ2) is 9.09. The average molecular weight is 438 g/mol. The summed E-state index contributed by atoms with van der Waals surface area (Å²) in [7, 11) is 3.16. The summed E-state index contributed by atoms with van der Waals surface area (Å²) in [4.78, 5) is 4.20. The van der Waals surface area contributed by atoms with Gasteiger partial charge in [-0.25, -0.2) is 9.67 Å². The lowest BCUT2D eigenvalue weighted by Crippen LogP contribution is -2.20. The van der Waals surface area contributed by atoms with E-state index in [1.807, 2.05) is 6.07 Å². The number of hydrogen-bond donors (Lipinski definition) is 2.